The molecule has 24 heavy (non-hydrogen) atoms. The molecular formula is C18H18ClNO4. The van der Waals surface area contributed by atoms with Gasteiger partial charge in [0.05, 0.1) is 27.2 Å². The van der Waals surface area contributed by atoms with E-state index in [1.165, 1.54) is 7.11 Å². The predicted octanol–water partition coefficient (Wildman–Crippen LogP) is 2.90. The summed E-state index contributed by atoms with van der Waals surface area (Å²) >= 11 is 5.85. The fraction of sp³-hybridized carbons (Fsp3) is 0.222. The molecule has 0 saturated heterocycles. The molecule has 0 radical (unpaired) electrons. The number of ether oxygens (including phenoxy) is 2. The van der Waals surface area contributed by atoms with E-state index in [0.717, 1.165) is 5.56 Å². The van der Waals surface area contributed by atoms with E-state index in [4.69, 9.17) is 21.1 Å². The molecule has 1 amide bonds. The minimum absolute atomic E-state index is 0.0769. The Balaban J connectivity index is 1.92. The maximum atomic E-state index is 12.0. The van der Waals surface area contributed by atoms with Crippen molar-refractivity contribution in [2.24, 2.45) is 0 Å². The van der Waals surface area contributed by atoms with E-state index in [-0.39, 0.29) is 24.7 Å². The maximum absolute atomic E-state index is 12.0. The van der Waals surface area contributed by atoms with Crippen molar-refractivity contribution in [2.75, 3.05) is 20.8 Å². The normalized spacial score (nSPS) is 10.1. The third kappa shape index (κ3) is 4.73. The Labute approximate surface area is 145 Å². The number of ketones is 1. The lowest BCUT2D eigenvalue weighted by molar-refractivity contribution is -0.120. The van der Waals surface area contributed by atoms with Gasteiger partial charge in [-0.15, -0.1) is 0 Å². The highest BCUT2D eigenvalue weighted by Gasteiger charge is 2.11. The Morgan fingerprint density at radius 2 is 1.79 bits per heavy atom. The van der Waals surface area contributed by atoms with Crippen LogP contribution in [0.4, 0.5) is 0 Å². The second-order valence-corrected chi connectivity index (χ2v) is 5.51. The van der Waals surface area contributed by atoms with Crippen LogP contribution in [-0.2, 0) is 11.2 Å². The van der Waals surface area contributed by atoms with E-state index < -0.39 is 0 Å². The van der Waals surface area contributed by atoms with E-state index in [0.29, 0.717) is 22.1 Å². The van der Waals surface area contributed by atoms with Gasteiger partial charge in [0.15, 0.2) is 17.3 Å². The van der Waals surface area contributed by atoms with Crippen LogP contribution in [0.25, 0.3) is 0 Å². The van der Waals surface area contributed by atoms with Gasteiger partial charge in [-0.2, -0.15) is 0 Å². The van der Waals surface area contributed by atoms with Gasteiger partial charge in [-0.3, -0.25) is 9.59 Å². The molecule has 1 N–H and O–H groups in total. The van der Waals surface area contributed by atoms with E-state index >= 15 is 0 Å². The highest BCUT2D eigenvalue weighted by Crippen LogP contribution is 2.27. The number of hydrogen-bond donors (Lipinski definition) is 1. The second-order valence-electron chi connectivity index (χ2n) is 5.08. The molecule has 0 saturated carbocycles. The summed E-state index contributed by atoms with van der Waals surface area (Å²) in [5.41, 5.74) is 1.23. The Bertz CT molecular complexity index is 746. The van der Waals surface area contributed by atoms with Gasteiger partial charge in [-0.25, -0.2) is 0 Å². The van der Waals surface area contributed by atoms with Crippen molar-refractivity contribution in [3.05, 3.63) is 58.6 Å². The number of amides is 1. The molecule has 0 aromatic heterocycles. The van der Waals surface area contributed by atoms with E-state index in [2.05, 4.69) is 5.32 Å². The molecule has 2 aromatic rings. The summed E-state index contributed by atoms with van der Waals surface area (Å²) < 4.78 is 10.4. The maximum Gasteiger partial charge on any atom is 0.224 e. The molecule has 0 aliphatic rings. The van der Waals surface area contributed by atoms with Crippen LogP contribution < -0.4 is 14.8 Å². The summed E-state index contributed by atoms with van der Waals surface area (Å²) in [5.74, 6) is 0.700. The van der Waals surface area contributed by atoms with Crippen molar-refractivity contribution in [1.82, 2.24) is 5.32 Å². The summed E-state index contributed by atoms with van der Waals surface area (Å²) in [5, 5.41) is 3.10. The first-order chi connectivity index (χ1) is 11.5. The van der Waals surface area contributed by atoms with Gasteiger partial charge in [0.1, 0.15) is 0 Å². The van der Waals surface area contributed by atoms with Gasteiger partial charge < -0.3 is 14.8 Å². The zero-order chi connectivity index (χ0) is 17.5. The molecule has 126 valence electrons. The summed E-state index contributed by atoms with van der Waals surface area (Å²) in [4.78, 5) is 24.0. The monoisotopic (exact) mass is 347 g/mol. The first-order valence-corrected chi connectivity index (χ1v) is 7.67. The van der Waals surface area contributed by atoms with Crippen molar-refractivity contribution in [3.8, 4) is 11.5 Å². The number of rotatable bonds is 7. The van der Waals surface area contributed by atoms with Crippen molar-refractivity contribution in [3.63, 3.8) is 0 Å². The Morgan fingerprint density at radius 3 is 2.46 bits per heavy atom. The molecule has 0 bridgehead atoms. The Kier molecular flexibility index (Phi) is 6.21. The summed E-state index contributed by atoms with van der Waals surface area (Å²) in [6.45, 7) is -0.0769. The number of halogens is 1. The number of methoxy groups -OCH3 is 2. The van der Waals surface area contributed by atoms with Crippen molar-refractivity contribution in [2.45, 2.75) is 6.42 Å². The van der Waals surface area contributed by atoms with Crippen LogP contribution in [0.5, 0.6) is 11.5 Å². The Morgan fingerprint density at radius 1 is 1.04 bits per heavy atom. The molecule has 0 unspecified atom stereocenters. The number of benzene rings is 2. The largest absolute Gasteiger partial charge is 0.493 e. The standard InChI is InChI=1S/C18H18ClNO4/c1-23-16-7-6-12(8-17(16)24-2)9-18(22)20-11-15(21)13-4-3-5-14(19)10-13/h3-8,10H,9,11H2,1-2H3,(H,20,22). The number of carbonyl (C=O) groups excluding carboxylic acids is 2. The van der Waals surface area contributed by atoms with Gasteiger partial charge in [0, 0.05) is 10.6 Å². The predicted molar refractivity (Wildman–Crippen MR) is 92.0 cm³/mol. The summed E-state index contributed by atoms with van der Waals surface area (Å²) in [6, 6.07) is 11.9. The lowest BCUT2D eigenvalue weighted by Crippen LogP contribution is -2.30. The number of nitrogens with one attached hydrogen (secondary N) is 1. The van der Waals surface area contributed by atoms with Crippen LogP contribution >= 0.6 is 11.6 Å². The van der Waals surface area contributed by atoms with Crippen LogP contribution in [0.1, 0.15) is 15.9 Å². The van der Waals surface area contributed by atoms with Gasteiger partial charge in [0.25, 0.3) is 0 Å². The zero-order valence-corrected chi connectivity index (χ0v) is 14.2. The fourth-order valence-electron chi connectivity index (χ4n) is 2.18. The van der Waals surface area contributed by atoms with Crippen LogP contribution in [0.2, 0.25) is 5.02 Å². The fourth-order valence-corrected chi connectivity index (χ4v) is 2.37. The van der Waals surface area contributed by atoms with Crippen LogP contribution in [0.15, 0.2) is 42.5 Å². The average Bonchev–Trinajstić information content (AvgIpc) is 2.59. The second kappa shape index (κ2) is 8.36. The van der Waals surface area contributed by atoms with Crippen LogP contribution in [0, 0.1) is 0 Å². The molecule has 5 nitrogen and oxygen atoms in total. The Hall–Kier alpha value is -2.53. The van der Waals surface area contributed by atoms with Gasteiger partial charge >= 0.3 is 0 Å². The van der Waals surface area contributed by atoms with Crippen molar-refractivity contribution in [1.29, 1.82) is 0 Å². The molecule has 0 aliphatic carbocycles. The topological polar surface area (TPSA) is 64.6 Å². The van der Waals surface area contributed by atoms with Gasteiger partial charge in [-0.05, 0) is 29.8 Å². The molecular weight excluding hydrogens is 330 g/mol. The lowest BCUT2D eigenvalue weighted by atomic mass is 10.1. The molecule has 0 aliphatic heterocycles. The number of Topliss-reactive ketones (excluding diaryl/α,β-unsaturated/α-hetero) is 1. The van der Waals surface area contributed by atoms with Crippen LogP contribution in [-0.4, -0.2) is 32.5 Å². The third-order valence-electron chi connectivity index (χ3n) is 3.41. The lowest BCUT2D eigenvalue weighted by Gasteiger charge is -2.10. The molecule has 6 heteroatoms. The minimum Gasteiger partial charge on any atom is -0.493 e. The van der Waals surface area contributed by atoms with Gasteiger partial charge in [0.2, 0.25) is 5.91 Å². The highest BCUT2D eigenvalue weighted by atomic mass is 35.5. The van der Waals surface area contributed by atoms with Gasteiger partial charge in [-0.1, -0.05) is 29.8 Å². The molecule has 0 atom stereocenters. The SMILES string of the molecule is COc1ccc(CC(=O)NCC(=O)c2cccc(Cl)c2)cc1OC. The van der Waals surface area contributed by atoms with Crippen LogP contribution in [0.3, 0.4) is 0 Å². The smallest absolute Gasteiger partial charge is 0.224 e. The zero-order valence-electron chi connectivity index (χ0n) is 13.5. The molecule has 2 aromatic carbocycles. The summed E-state index contributed by atoms with van der Waals surface area (Å²) in [7, 11) is 3.08. The first kappa shape index (κ1) is 17.8. The van der Waals surface area contributed by atoms with Crippen molar-refractivity contribution < 1.29 is 19.1 Å². The van der Waals surface area contributed by atoms with E-state index in [9.17, 15) is 9.59 Å². The molecule has 0 fully saturated rings. The first-order valence-electron chi connectivity index (χ1n) is 7.30. The van der Waals surface area contributed by atoms with E-state index in [1.54, 1.807) is 49.6 Å². The van der Waals surface area contributed by atoms with Crippen molar-refractivity contribution >= 4 is 23.3 Å². The highest BCUT2D eigenvalue weighted by molar-refractivity contribution is 6.31. The third-order valence-corrected chi connectivity index (χ3v) is 3.64. The molecule has 0 spiro atoms. The number of carbonyl (C=O) groups is 2. The number of hydrogen-bond acceptors (Lipinski definition) is 4. The molecule has 2 rings (SSSR count). The average molecular weight is 348 g/mol. The van der Waals surface area contributed by atoms with E-state index in [1.807, 2.05) is 0 Å². The quantitative estimate of drug-likeness (QED) is 0.782. The minimum atomic E-state index is -0.252. The molecule has 0 heterocycles. The summed E-state index contributed by atoms with van der Waals surface area (Å²) in [6.07, 6.45) is 0.142.